The van der Waals surface area contributed by atoms with Gasteiger partial charge in [-0.15, -0.1) is 0 Å². The van der Waals surface area contributed by atoms with Crippen LogP contribution in [0, 0.1) is 45.8 Å². The van der Waals surface area contributed by atoms with E-state index >= 15 is 0 Å². The topological polar surface area (TPSA) is 78.8 Å². The van der Waals surface area contributed by atoms with E-state index in [1.807, 2.05) is 0 Å². The van der Waals surface area contributed by atoms with E-state index in [9.17, 15) is 15.0 Å². The summed E-state index contributed by atoms with van der Waals surface area (Å²) in [4.78, 5) is 13.5. The molecule has 11 atom stereocenters. The molecule has 0 aromatic heterocycles. The fourth-order valence-corrected chi connectivity index (χ4v) is 11.8. The summed E-state index contributed by atoms with van der Waals surface area (Å²) in [5.74, 6) is 1.90. The zero-order valence-electron chi connectivity index (χ0n) is 22.6. The van der Waals surface area contributed by atoms with Crippen molar-refractivity contribution in [2.24, 2.45) is 45.8 Å². The fraction of sp³-hybridized carbons (Fsp3) is 0.719. The molecule has 1 spiro atoms. The van der Waals surface area contributed by atoms with Crippen LogP contribution in [0.15, 0.2) is 36.4 Å². The molecule has 11 unspecified atom stereocenters. The first-order valence-corrected chi connectivity index (χ1v) is 14.7. The van der Waals surface area contributed by atoms with Crippen molar-refractivity contribution in [2.45, 2.75) is 83.0 Å². The lowest BCUT2D eigenvalue weighted by Gasteiger charge is -2.59. The van der Waals surface area contributed by atoms with Gasteiger partial charge in [0.1, 0.15) is 11.4 Å². The summed E-state index contributed by atoms with van der Waals surface area (Å²) >= 11 is 0. The van der Waals surface area contributed by atoms with E-state index in [0.717, 1.165) is 24.9 Å². The first kappa shape index (κ1) is 24.4. The van der Waals surface area contributed by atoms with E-state index in [4.69, 9.17) is 4.74 Å². The second kappa shape index (κ2) is 7.92. The van der Waals surface area contributed by atoms with Crippen LogP contribution in [0.5, 0.6) is 0 Å². The zero-order chi connectivity index (χ0) is 25.8. The van der Waals surface area contributed by atoms with E-state index in [1.165, 1.54) is 31.2 Å². The number of Topliss-reactive ketones (excluding diaryl/α,β-unsaturated/α-hetero) is 1. The molecular weight excluding hydrogens is 462 g/mol. The number of aliphatic hydroxyl groups excluding tert-OH is 1. The molecule has 1 aromatic rings. The van der Waals surface area contributed by atoms with Crippen molar-refractivity contribution in [2.75, 3.05) is 19.0 Å². The third kappa shape index (κ3) is 2.74. The monoisotopic (exact) mass is 505 g/mol. The highest BCUT2D eigenvalue weighted by atomic mass is 16.5. The number of benzene rings is 1. The summed E-state index contributed by atoms with van der Waals surface area (Å²) in [5, 5.41) is 25.7. The molecule has 5 nitrogen and oxygen atoms in total. The third-order valence-corrected chi connectivity index (χ3v) is 12.8. The number of ether oxygens (including phenoxy) is 1. The summed E-state index contributed by atoms with van der Waals surface area (Å²) in [7, 11) is 1.69. The van der Waals surface area contributed by atoms with Crippen LogP contribution in [0.25, 0.3) is 0 Å². The normalized spacial score (nSPS) is 49.6. The van der Waals surface area contributed by atoms with Crippen LogP contribution in [0.3, 0.4) is 0 Å². The standard InChI is InChI=1S/C32H43NO4/c1-19(34)18-33-23-7-4-6-20(15-23)14-21-9-12-30-13-10-22-17-31(11-5-8-24(21)30)29(30,2)27(22)28-25(35)16-26(37-3)32(28,31)36/h4-8,15,19,21-22,24,26-28,33-34,36H,9-14,16-18H2,1-3H3. The van der Waals surface area contributed by atoms with Crippen LogP contribution in [-0.2, 0) is 16.0 Å². The molecular formula is C32H43NO4. The molecule has 1 aromatic carbocycles. The Bertz CT molecular complexity index is 1150. The molecule has 5 fully saturated rings. The zero-order valence-corrected chi connectivity index (χ0v) is 22.6. The average molecular weight is 506 g/mol. The molecule has 37 heavy (non-hydrogen) atoms. The Morgan fingerprint density at radius 2 is 2.05 bits per heavy atom. The van der Waals surface area contributed by atoms with Gasteiger partial charge >= 0.3 is 0 Å². The van der Waals surface area contributed by atoms with E-state index in [1.54, 1.807) is 14.0 Å². The van der Waals surface area contributed by atoms with E-state index in [0.29, 0.717) is 30.7 Å². The number of anilines is 1. The Balaban J connectivity index is 1.26. The quantitative estimate of drug-likeness (QED) is 0.486. The third-order valence-electron chi connectivity index (χ3n) is 12.8. The summed E-state index contributed by atoms with van der Waals surface area (Å²) < 4.78 is 5.91. The van der Waals surface area contributed by atoms with Gasteiger partial charge in [-0.05, 0) is 104 Å². The summed E-state index contributed by atoms with van der Waals surface area (Å²) in [6.45, 7) is 4.87. The Hall–Kier alpha value is -1.69. The molecule has 5 saturated carbocycles. The second-order valence-electron chi connectivity index (χ2n) is 13.8. The van der Waals surface area contributed by atoms with Gasteiger partial charge < -0.3 is 20.3 Å². The number of hydrogen-bond donors (Lipinski definition) is 3. The predicted octanol–water partition coefficient (Wildman–Crippen LogP) is 4.77. The molecule has 0 heterocycles. The number of aliphatic hydroxyl groups is 2. The summed E-state index contributed by atoms with van der Waals surface area (Å²) in [6, 6.07) is 8.70. The van der Waals surface area contributed by atoms with Crippen LogP contribution in [-0.4, -0.2) is 47.5 Å². The van der Waals surface area contributed by atoms with Crippen LogP contribution in [0.1, 0.15) is 64.4 Å². The van der Waals surface area contributed by atoms with Crippen molar-refractivity contribution in [1.29, 1.82) is 0 Å². The number of nitrogens with one attached hydrogen (secondary N) is 1. The Morgan fingerprint density at radius 1 is 1.24 bits per heavy atom. The van der Waals surface area contributed by atoms with Crippen molar-refractivity contribution in [3.05, 3.63) is 42.0 Å². The lowest BCUT2D eigenvalue weighted by Crippen LogP contribution is -2.60. The lowest BCUT2D eigenvalue weighted by molar-refractivity contribution is -0.193. The fourth-order valence-electron chi connectivity index (χ4n) is 11.8. The van der Waals surface area contributed by atoms with Crippen LogP contribution >= 0.6 is 0 Å². The predicted molar refractivity (Wildman–Crippen MR) is 143 cm³/mol. The molecule has 4 bridgehead atoms. The maximum atomic E-state index is 13.5. The van der Waals surface area contributed by atoms with Crippen molar-refractivity contribution in [3.8, 4) is 0 Å². The maximum absolute atomic E-state index is 13.5. The van der Waals surface area contributed by atoms with Gasteiger partial charge in [0.25, 0.3) is 0 Å². The molecule has 6 aliphatic carbocycles. The maximum Gasteiger partial charge on any atom is 0.141 e. The largest absolute Gasteiger partial charge is 0.392 e. The van der Waals surface area contributed by atoms with Crippen LogP contribution in [0.4, 0.5) is 5.69 Å². The number of rotatable bonds is 6. The van der Waals surface area contributed by atoms with Crippen LogP contribution in [0.2, 0.25) is 0 Å². The second-order valence-corrected chi connectivity index (χ2v) is 13.8. The van der Waals surface area contributed by atoms with Gasteiger partial charge in [0.15, 0.2) is 0 Å². The molecule has 0 aliphatic heterocycles. The van der Waals surface area contributed by atoms with Crippen molar-refractivity contribution >= 4 is 11.5 Å². The molecule has 5 heteroatoms. The van der Waals surface area contributed by atoms with Crippen molar-refractivity contribution in [1.82, 2.24) is 0 Å². The lowest BCUT2D eigenvalue weighted by atomic mass is 9.45. The Labute approximate surface area is 221 Å². The Kier molecular flexibility index (Phi) is 5.22. The van der Waals surface area contributed by atoms with E-state index in [2.05, 4.69) is 48.7 Å². The van der Waals surface area contributed by atoms with Gasteiger partial charge in [-0.1, -0.05) is 31.2 Å². The van der Waals surface area contributed by atoms with Crippen molar-refractivity contribution < 1.29 is 19.7 Å². The number of methoxy groups -OCH3 is 1. The van der Waals surface area contributed by atoms with Crippen LogP contribution < -0.4 is 5.32 Å². The first-order valence-electron chi connectivity index (χ1n) is 14.7. The highest BCUT2D eigenvalue weighted by molar-refractivity contribution is 5.88. The van der Waals surface area contributed by atoms with Crippen molar-refractivity contribution in [3.63, 3.8) is 0 Å². The summed E-state index contributed by atoms with van der Waals surface area (Å²) in [5.41, 5.74) is 1.22. The van der Waals surface area contributed by atoms with Gasteiger partial charge in [0, 0.05) is 31.2 Å². The number of fused-ring (bicyclic) bond motifs is 1. The summed E-state index contributed by atoms with van der Waals surface area (Å²) in [6.07, 6.45) is 12.4. The number of allylic oxidation sites excluding steroid dienone is 2. The number of ketones is 1. The minimum Gasteiger partial charge on any atom is -0.392 e. The highest BCUT2D eigenvalue weighted by Gasteiger charge is 2.89. The molecule has 3 N–H and O–H groups in total. The first-order chi connectivity index (χ1) is 17.7. The number of carbonyl (C=O) groups excluding carboxylic acids is 1. The number of carbonyl (C=O) groups is 1. The molecule has 0 amide bonds. The smallest absolute Gasteiger partial charge is 0.141 e. The molecule has 0 radical (unpaired) electrons. The van der Waals surface area contributed by atoms with Gasteiger partial charge in [0.05, 0.1) is 18.1 Å². The molecule has 6 aliphatic rings. The molecule has 200 valence electrons. The van der Waals surface area contributed by atoms with E-state index < -0.39 is 5.60 Å². The average Bonchev–Trinajstić information content (AvgIpc) is 3.44. The SMILES string of the molecule is COC1CC(=O)C2C3C4CCC56CCC(Cc7cccc(NCC(C)O)c7)C5C=CCC(C4)(C12O)C36C. The van der Waals surface area contributed by atoms with Gasteiger partial charge in [-0.25, -0.2) is 0 Å². The minimum absolute atomic E-state index is 0.0429. The highest BCUT2D eigenvalue weighted by Crippen LogP contribution is 2.88. The van der Waals surface area contributed by atoms with Gasteiger partial charge in [0.2, 0.25) is 0 Å². The molecule has 0 saturated heterocycles. The van der Waals surface area contributed by atoms with Gasteiger partial charge in [-0.2, -0.15) is 0 Å². The minimum atomic E-state index is -1.03. The molecule has 7 rings (SSSR count). The Morgan fingerprint density at radius 3 is 2.84 bits per heavy atom. The number of hydrogen-bond acceptors (Lipinski definition) is 5. The van der Waals surface area contributed by atoms with Gasteiger partial charge in [-0.3, -0.25) is 4.79 Å². The van der Waals surface area contributed by atoms with E-state index in [-0.39, 0.29) is 46.1 Å².